The zero-order valence-electron chi connectivity index (χ0n) is 14.5. The van der Waals surface area contributed by atoms with Crippen LogP contribution in [-0.4, -0.2) is 56.0 Å². The van der Waals surface area contributed by atoms with Crippen molar-refractivity contribution in [1.29, 1.82) is 0 Å². The van der Waals surface area contributed by atoms with E-state index in [2.05, 4.69) is 71.3 Å². The predicted octanol–water partition coefficient (Wildman–Crippen LogP) is 2.43. The van der Waals surface area contributed by atoms with Gasteiger partial charge in [0.15, 0.2) is 5.96 Å². The summed E-state index contributed by atoms with van der Waals surface area (Å²) in [4.78, 5) is 9.14. The number of benzene rings is 1. The number of hydrogen-bond acceptors (Lipinski definition) is 2. The molecule has 1 N–H and O–H groups in total. The summed E-state index contributed by atoms with van der Waals surface area (Å²) in [5.41, 5.74) is 1.76. The number of hydrogen-bond donors (Lipinski definition) is 1. The number of likely N-dealkylation sites (tertiary alicyclic amines) is 1. The van der Waals surface area contributed by atoms with Crippen LogP contribution in [0.2, 0.25) is 0 Å². The second-order valence-electron chi connectivity index (χ2n) is 7.03. The lowest BCUT2D eigenvalue weighted by atomic mass is 9.93. The fourth-order valence-corrected chi connectivity index (χ4v) is 2.96. The Hall–Kier alpha value is -1.55. The van der Waals surface area contributed by atoms with Crippen LogP contribution in [0.1, 0.15) is 25.8 Å². The summed E-state index contributed by atoms with van der Waals surface area (Å²) in [7, 11) is 4.04. The van der Waals surface area contributed by atoms with Crippen LogP contribution in [0.3, 0.4) is 0 Å². The van der Waals surface area contributed by atoms with Gasteiger partial charge >= 0.3 is 0 Å². The van der Waals surface area contributed by atoms with E-state index >= 15 is 0 Å². The van der Waals surface area contributed by atoms with Gasteiger partial charge in [-0.1, -0.05) is 44.2 Å². The van der Waals surface area contributed by atoms with Crippen molar-refractivity contribution in [3.63, 3.8) is 0 Å². The van der Waals surface area contributed by atoms with Gasteiger partial charge in [0, 0.05) is 39.8 Å². The Morgan fingerprint density at radius 1 is 1.32 bits per heavy atom. The minimum atomic E-state index is 0.404. The van der Waals surface area contributed by atoms with Crippen molar-refractivity contribution >= 4 is 5.96 Å². The van der Waals surface area contributed by atoms with Crippen LogP contribution in [0.15, 0.2) is 35.3 Å². The van der Waals surface area contributed by atoms with Crippen LogP contribution in [0, 0.1) is 5.41 Å². The van der Waals surface area contributed by atoms with Crippen molar-refractivity contribution in [2.24, 2.45) is 10.4 Å². The van der Waals surface area contributed by atoms with E-state index in [1.165, 1.54) is 12.0 Å². The van der Waals surface area contributed by atoms with Gasteiger partial charge in [0.25, 0.3) is 0 Å². The lowest BCUT2D eigenvalue weighted by Gasteiger charge is -2.25. The molecule has 0 spiro atoms. The molecule has 1 saturated heterocycles. The summed E-state index contributed by atoms with van der Waals surface area (Å²) in [6.45, 7) is 9.76. The van der Waals surface area contributed by atoms with Gasteiger partial charge in [0.2, 0.25) is 0 Å². The minimum Gasteiger partial charge on any atom is -0.355 e. The van der Waals surface area contributed by atoms with Crippen molar-refractivity contribution in [3.05, 3.63) is 35.9 Å². The number of rotatable bonds is 5. The molecule has 122 valence electrons. The highest BCUT2D eigenvalue weighted by atomic mass is 15.3. The first-order valence-electron chi connectivity index (χ1n) is 8.18. The highest BCUT2D eigenvalue weighted by Crippen LogP contribution is 2.28. The monoisotopic (exact) mass is 302 g/mol. The molecule has 22 heavy (non-hydrogen) atoms. The van der Waals surface area contributed by atoms with Gasteiger partial charge in [-0.05, 0) is 24.4 Å². The molecule has 0 radical (unpaired) electrons. The van der Waals surface area contributed by atoms with Crippen LogP contribution in [-0.2, 0) is 6.54 Å². The standard InChI is InChI=1S/C18H30N4/c1-18(2)10-12-22(15-18)17(19-3)20-11-13-21(4)14-16-8-6-5-7-9-16/h5-9H,10-15H2,1-4H3,(H,19,20). The summed E-state index contributed by atoms with van der Waals surface area (Å²) in [5, 5.41) is 3.50. The van der Waals surface area contributed by atoms with Crippen LogP contribution >= 0.6 is 0 Å². The maximum atomic E-state index is 4.43. The van der Waals surface area contributed by atoms with Gasteiger partial charge in [-0.25, -0.2) is 0 Å². The predicted molar refractivity (Wildman–Crippen MR) is 94.1 cm³/mol. The van der Waals surface area contributed by atoms with E-state index < -0.39 is 0 Å². The van der Waals surface area contributed by atoms with E-state index in [0.29, 0.717) is 5.41 Å². The number of nitrogens with one attached hydrogen (secondary N) is 1. The van der Waals surface area contributed by atoms with Gasteiger partial charge in [-0.15, -0.1) is 0 Å². The molecular weight excluding hydrogens is 272 g/mol. The minimum absolute atomic E-state index is 0.404. The molecule has 0 unspecified atom stereocenters. The van der Waals surface area contributed by atoms with Gasteiger partial charge in [0.1, 0.15) is 0 Å². The summed E-state index contributed by atoms with van der Waals surface area (Å²) in [6, 6.07) is 10.6. The van der Waals surface area contributed by atoms with E-state index in [1.54, 1.807) is 0 Å². The molecule has 0 saturated carbocycles. The molecule has 4 heteroatoms. The Labute approximate surface area is 135 Å². The van der Waals surface area contributed by atoms with Gasteiger partial charge < -0.3 is 15.1 Å². The Morgan fingerprint density at radius 3 is 2.64 bits per heavy atom. The average molecular weight is 302 g/mol. The van der Waals surface area contributed by atoms with E-state index in [4.69, 9.17) is 0 Å². The van der Waals surface area contributed by atoms with Gasteiger partial charge in [0.05, 0.1) is 0 Å². The molecule has 2 rings (SSSR count). The number of likely N-dealkylation sites (N-methyl/N-ethyl adjacent to an activating group) is 1. The first-order chi connectivity index (χ1) is 10.5. The Morgan fingerprint density at radius 2 is 2.05 bits per heavy atom. The highest BCUT2D eigenvalue weighted by molar-refractivity contribution is 5.80. The maximum Gasteiger partial charge on any atom is 0.193 e. The SMILES string of the molecule is CN=C(NCCN(C)Cc1ccccc1)N1CCC(C)(C)C1. The lowest BCUT2D eigenvalue weighted by Crippen LogP contribution is -2.43. The molecular formula is C18H30N4. The summed E-state index contributed by atoms with van der Waals surface area (Å²) in [6.07, 6.45) is 1.24. The molecule has 0 aliphatic carbocycles. The maximum absolute atomic E-state index is 4.43. The number of aliphatic imine (C=N–C) groups is 1. The topological polar surface area (TPSA) is 30.9 Å². The number of guanidine groups is 1. The second-order valence-corrected chi connectivity index (χ2v) is 7.03. The zero-order chi connectivity index (χ0) is 16.0. The van der Waals surface area contributed by atoms with Crippen molar-refractivity contribution in [1.82, 2.24) is 15.1 Å². The Kier molecular flexibility index (Phi) is 5.83. The number of nitrogens with zero attached hydrogens (tertiary/aromatic N) is 3. The molecule has 1 fully saturated rings. The highest BCUT2D eigenvalue weighted by Gasteiger charge is 2.30. The normalized spacial score (nSPS) is 18.0. The fourth-order valence-electron chi connectivity index (χ4n) is 2.96. The molecule has 4 nitrogen and oxygen atoms in total. The van der Waals surface area contributed by atoms with Crippen LogP contribution in [0.4, 0.5) is 0 Å². The molecule has 1 aromatic carbocycles. The van der Waals surface area contributed by atoms with E-state index in [1.807, 2.05) is 7.05 Å². The lowest BCUT2D eigenvalue weighted by molar-refractivity contribution is 0.326. The Bertz CT molecular complexity index is 481. The molecule has 0 atom stereocenters. The molecule has 0 amide bonds. The first-order valence-corrected chi connectivity index (χ1v) is 8.18. The zero-order valence-corrected chi connectivity index (χ0v) is 14.5. The smallest absolute Gasteiger partial charge is 0.193 e. The van der Waals surface area contributed by atoms with Crippen LogP contribution in [0.5, 0.6) is 0 Å². The van der Waals surface area contributed by atoms with Crippen molar-refractivity contribution in [2.75, 3.05) is 40.3 Å². The largest absolute Gasteiger partial charge is 0.355 e. The average Bonchev–Trinajstić information content (AvgIpc) is 2.84. The Balaban J connectivity index is 1.73. The van der Waals surface area contributed by atoms with Crippen molar-refractivity contribution in [3.8, 4) is 0 Å². The third kappa shape index (κ3) is 5.02. The third-order valence-corrected chi connectivity index (χ3v) is 4.26. The summed E-state index contributed by atoms with van der Waals surface area (Å²) >= 11 is 0. The molecule has 0 bridgehead atoms. The fraction of sp³-hybridized carbons (Fsp3) is 0.611. The molecule has 1 heterocycles. The molecule has 1 aliphatic rings. The summed E-state index contributed by atoms with van der Waals surface area (Å²) < 4.78 is 0. The van der Waals surface area contributed by atoms with Crippen LogP contribution < -0.4 is 5.32 Å². The third-order valence-electron chi connectivity index (χ3n) is 4.26. The van der Waals surface area contributed by atoms with Gasteiger partial charge in [-0.3, -0.25) is 4.99 Å². The quantitative estimate of drug-likeness (QED) is 0.669. The van der Waals surface area contributed by atoms with E-state index in [0.717, 1.165) is 38.7 Å². The van der Waals surface area contributed by atoms with Crippen molar-refractivity contribution < 1.29 is 0 Å². The molecule has 1 aliphatic heterocycles. The van der Waals surface area contributed by atoms with Crippen LogP contribution in [0.25, 0.3) is 0 Å². The second kappa shape index (κ2) is 7.63. The summed E-state index contributed by atoms with van der Waals surface area (Å²) in [5.74, 6) is 1.04. The molecule has 1 aromatic rings. The van der Waals surface area contributed by atoms with Crippen molar-refractivity contribution in [2.45, 2.75) is 26.8 Å². The molecule has 0 aromatic heterocycles. The van der Waals surface area contributed by atoms with Gasteiger partial charge in [-0.2, -0.15) is 0 Å². The van der Waals surface area contributed by atoms with E-state index in [9.17, 15) is 0 Å². The van der Waals surface area contributed by atoms with E-state index in [-0.39, 0.29) is 0 Å². The first kappa shape index (κ1) is 16.8.